The van der Waals surface area contributed by atoms with Gasteiger partial charge in [-0.05, 0) is 26.0 Å². The van der Waals surface area contributed by atoms with Crippen LogP contribution in [0, 0.1) is 6.92 Å². The number of esters is 1. The second-order valence-electron chi connectivity index (χ2n) is 4.23. The molecule has 0 heterocycles. The average molecular weight is 295 g/mol. The zero-order valence-electron chi connectivity index (χ0n) is 12.3. The summed E-state index contributed by atoms with van der Waals surface area (Å²) in [5.74, 6) is -1.16. The van der Waals surface area contributed by atoms with Gasteiger partial charge in [0.05, 0.1) is 14.2 Å². The van der Waals surface area contributed by atoms with E-state index in [4.69, 9.17) is 9.47 Å². The molecule has 0 radical (unpaired) electrons. The van der Waals surface area contributed by atoms with Gasteiger partial charge in [0.15, 0.2) is 6.10 Å². The second-order valence-corrected chi connectivity index (χ2v) is 4.23. The second kappa shape index (κ2) is 7.28. The number of amides is 2. The minimum absolute atomic E-state index is 0.204. The average Bonchev–Trinajstić information content (AvgIpc) is 2.46. The summed E-state index contributed by atoms with van der Waals surface area (Å²) >= 11 is 0. The molecule has 1 aromatic rings. The highest BCUT2D eigenvalue weighted by Gasteiger charge is 2.23. The Morgan fingerprint density at radius 3 is 2.43 bits per heavy atom. The summed E-state index contributed by atoms with van der Waals surface area (Å²) in [6.07, 6.45) is -2.07. The third kappa shape index (κ3) is 4.48. The van der Waals surface area contributed by atoms with Gasteiger partial charge >= 0.3 is 12.1 Å². The topological polar surface area (TPSA) is 90.9 Å². The van der Waals surface area contributed by atoms with Crippen LogP contribution in [0.3, 0.4) is 0 Å². The van der Waals surface area contributed by atoms with Crippen molar-refractivity contribution in [3.8, 4) is 5.75 Å². The lowest BCUT2D eigenvalue weighted by Gasteiger charge is -2.14. The van der Waals surface area contributed by atoms with Crippen LogP contribution in [-0.4, -0.2) is 38.3 Å². The Morgan fingerprint density at radius 2 is 1.86 bits per heavy atom. The number of imide groups is 1. The first-order valence-electron chi connectivity index (χ1n) is 6.13. The molecular formula is C14H17NO6. The van der Waals surface area contributed by atoms with Crippen LogP contribution in [-0.2, 0) is 14.3 Å². The lowest BCUT2D eigenvalue weighted by atomic mass is 10.1. The predicted octanol–water partition coefficient (Wildman–Crippen LogP) is 1.43. The van der Waals surface area contributed by atoms with Crippen molar-refractivity contribution in [3.63, 3.8) is 0 Å². The van der Waals surface area contributed by atoms with Crippen molar-refractivity contribution < 1.29 is 28.6 Å². The maximum atomic E-state index is 12.0. The molecule has 0 saturated carbocycles. The summed E-state index contributed by atoms with van der Waals surface area (Å²) < 4.78 is 14.4. The van der Waals surface area contributed by atoms with E-state index in [9.17, 15) is 14.4 Å². The molecule has 0 fully saturated rings. The van der Waals surface area contributed by atoms with Gasteiger partial charge < -0.3 is 14.2 Å². The van der Waals surface area contributed by atoms with E-state index in [2.05, 4.69) is 4.74 Å². The Kier molecular flexibility index (Phi) is 5.71. The summed E-state index contributed by atoms with van der Waals surface area (Å²) in [6.45, 7) is 3.15. The fourth-order valence-electron chi connectivity index (χ4n) is 1.51. The van der Waals surface area contributed by atoms with Gasteiger partial charge in [-0.3, -0.25) is 10.1 Å². The Hall–Kier alpha value is -2.57. The van der Waals surface area contributed by atoms with Gasteiger partial charge in [-0.25, -0.2) is 9.59 Å². The van der Waals surface area contributed by atoms with Crippen LogP contribution < -0.4 is 10.1 Å². The summed E-state index contributed by atoms with van der Waals surface area (Å²) in [7, 11) is 2.55. The molecule has 0 aliphatic rings. The molecular weight excluding hydrogens is 278 g/mol. The first-order chi connectivity index (χ1) is 9.88. The molecule has 0 spiro atoms. The summed E-state index contributed by atoms with van der Waals surface area (Å²) in [6, 6.07) is 5.00. The molecule has 21 heavy (non-hydrogen) atoms. The fourth-order valence-corrected chi connectivity index (χ4v) is 1.51. The van der Waals surface area contributed by atoms with Gasteiger partial charge in [-0.1, -0.05) is 11.6 Å². The van der Waals surface area contributed by atoms with E-state index in [1.165, 1.54) is 14.0 Å². The molecule has 1 rings (SSSR count). The zero-order valence-corrected chi connectivity index (χ0v) is 12.3. The molecule has 0 bridgehead atoms. The normalized spacial score (nSPS) is 11.2. The predicted molar refractivity (Wildman–Crippen MR) is 73.2 cm³/mol. The number of methoxy groups -OCH3 is 2. The Bertz CT molecular complexity index is 554. The van der Waals surface area contributed by atoms with E-state index in [1.54, 1.807) is 18.2 Å². The van der Waals surface area contributed by atoms with Crippen molar-refractivity contribution in [1.82, 2.24) is 5.32 Å². The van der Waals surface area contributed by atoms with Crippen molar-refractivity contribution in [2.45, 2.75) is 20.0 Å². The number of ether oxygens (including phenoxy) is 3. The number of alkyl carbamates (subject to hydrolysis) is 1. The van der Waals surface area contributed by atoms with Crippen LogP contribution >= 0.6 is 0 Å². The zero-order chi connectivity index (χ0) is 16.0. The highest BCUT2D eigenvalue weighted by molar-refractivity contribution is 5.98. The molecule has 0 aliphatic carbocycles. The number of rotatable bonds is 4. The molecule has 7 heteroatoms. The molecule has 7 nitrogen and oxygen atoms in total. The first kappa shape index (κ1) is 16.5. The number of benzene rings is 1. The summed E-state index contributed by atoms with van der Waals surface area (Å²) in [5, 5.41) is 1.92. The number of nitrogens with one attached hydrogen (secondary N) is 1. The van der Waals surface area contributed by atoms with Gasteiger partial charge in [0.1, 0.15) is 11.3 Å². The number of hydrogen-bond acceptors (Lipinski definition) is 6. The maximum Gasteiger partial charge on any atom is 0.413 e. The van der Waals surface area contributed by atoms with Crippen molar-refractivity contribution >= 4 is 18.0 Å². The number of aryl methyl sites for hydroxylation is 1. The van der Waals surface area contributed by atoms with Crippen molar-refractivity contribution in [2.24, 2.45) is 0 Å². The molecule has 0 aromatic heterocycles. The standard InChI is InChI=1S/C14H17NO6/c1-8-5-6-11(19-3)10(7-8)13(17)21-9(2)12(16)15-14(18)20-4/h5-7,9H,1-4H3,(H,15,16,18)/t9-/m0/s1. The maximum absolute atomic E-state index is 12.0. The van der Waals surface area contributed by atoms with Crippen LogP contribution in [0.1, 0.15) is 22.8 Å². The smallest absolute Gasteiger partial charge is 0.413 e. The highest BCUT2D eigenvalue weighted by Crippen LogP contribution is 2.21. The van der Waals surface area contributed by atoms with E-state index in [0.717, 1.165) is 12.7 Å². The van der Waals surface area contributed by atoms with Gasteiger partial charge in [0.25, 0.3) is 5.91 Å². The van der Waals surface area contributed by atoms with Crippen molar-refractivity contribution in [2.75, 3.05) is 14.2 Å². The molecule has 0 unspecified atom stereocenters. The van der Waals surface area contributed by atoms with E-state index in [1.807, 2.05) is 12.2 Å². The molecule has 1 N–H and O–H groups in total. The van der Waals surface area contributed by atoms with Gasteiger partial charge in [-0.2, -0.15) is 0 Å². The van der Waals surface area contributed by atoms with E-state index >= 15 is 0 Å². The number of hydrogen-bond donors (Lipinski definition) is 1. The third-order valence-corrected chi connectivity index (χ3v) is 2.64. The van der Waals surface area contributed by atoms with Crippen LogP contribution in [0.2, 0.25) is 0 Å². The van der Waals surface area contributed by atoms with Crippen molar-refractivity contribution in [3.05, 3.63) is 29.3 Å². The Labute approximate surface area is 122 Å². The van der Waals surface area contributed by atoms with Gasteiger partial charge in [0.2, 0.25) is 0 Å². The first-order valence-corrected chi connectivity index (χ1v) is 6.13. The van der Waals surface area contributed by atoms with Gasteiger partial charge in [-0.15, -0.1) is 0 Å². The lowest BCUT2D eigenvalue weighted by molar-refractivity contribution is -0.128. The largest absolute Gasteiger partial charge is 0.496 e. The molecule has 1 aromatic carbocycles. The molecule has 0 aliphatic heterocycles. The SMILES string of the molecule is COC(=O)NC(=O)[C@H](C)OC(=O)c1cc(C)ccc1OC. The highest BCUT2D eigenvalue weighted by atomic mass is 16.6. The minimum Gasteiger partial charge on any atom is -0.496 e. The number of carbonyl (C=O) groups is 3. The number of carbonyl (C=O) groups excluding carboxylic acids is 3. The summed E-state index contributed by atoms with van der Waals surface area (Å²) in [4.78, 5) is 34.5. The van der Waals surface area contributed by atoms with E-state index in [-0.39, 0.29) is 5.56 Å². The summed E-state index contributed by atoms with van der Waals surface area (Å²) in [5.41, 5.74) is 1.05. The lowest BCUT2D eigenvalue weighted by Crippen LogP contribution is -2.39. The fraction of sp³-hybridized carbons (Fsp3) is 0.357. The molecule has 1 atom stereocenters. The third-order valence-electron chi connectivity index (χ3n) is 2.64. The minimum atomic E-state index is -1.15. The van der Waals surface area contributed by atoms with E-state index < -0.39 is 24.1 Å². The van der Waals surface area contributed by atoms with Crippen LogP contribution in [0.15, 0.2) is 18.2 Å². The quantitative estimate of drug-likeness (QED) is 0.845. The monoisotopic (exact) mass is 295 g/mol. The molecule has 0 saturated heterocycles. The van der Waals surface area contributed by atoms with Crippen LogP contribution in [0.5, 0.6) is 5.75 Å². The van der Waals surface area contributed by atoms with Crippen LogP contribution in [0.4, 0.5) is 4.79 Å². The van der Waals surface area contributed by atoms with Gasteiger partial charge in [0, 0.05) is 0 Å². The Morgan fingerprint density at radius 1 is 1.19 bits per heavy atom. The van der Waals surface area contributed by atoms with Crippen LogP contribution in [0.25, 0.3) is 0 Å². The Balaban J connectivity index is 2.79. The van der Waals surface area contributed by atoms with Crippen molar-refractivity contribution in [1.29, 1.82) is 0 Å². The molecule has 114 valence electrons. The molecule has 2 amide bonds. The van der Waals surface area contributed by atoms with E-state index in [0.29, 0.717) is 5.75 Å².